The van der Waals surface area contributed by atoms with Crippen LogP contribution in [0.15, 0.2) is 24.3 Å². The van der Waals surface area contributed by atoms with Crippen molar-refractivity contribution in [3.63, 3.8) is 0 Å². The maximum Gasteiger partial charge on any atom is 0.416 e. The Kier molecular flexibility index (Phi) is 5.15. The van der Waals surface area contributed by atoms with Crippen molar-refractivity contribution in [3.05, 3.63) is 35.4 Å². The number of rotatable bonds is 2. The Hall–Kier alpha value is -0.880. The lowest BCUT2D eigenvalue weighted by atomic mass is 10.0. The lowest BCUT2D eigenvalue weighted by molar-refractivity contribution is -0.137. The molecule has 1 nitrogen and oxygen atoms in total. The van der Waals surface area contributed by atoms with Gasteiger partial charge in [0.1, 0.15) is 0 Å². The van der Waals surface area contributed by atoms with Crippen LogP contribution in [0.25, 0.3) is 0 Å². The van der Waals surface area contributed by atoms with Gasteiger partial charge in [-0.1, -0.05) is 12.1 Å². The van der Waals surface area contributed by atoms with Crippen LogP contribution in [0.3, 0.4) is 0 Å². The molecule has 1 rings (SSSR count). The summed E-state index contributed by atoms with van der Waals surface area (Å²) in [5, 5.41) is 0. The van der Waals surface area contributed by atoms with Crippen molar-refractivity contribution < 1.29 is 22.0 Å². The fraction of sp³-hybridized carbons (Fsp3) is 0.333. The largest absolute Gasteiger partial charge is 0.416 e. The summed E-state index contributed by atoms with van der Waals surface area (Å²) in [7, 11) is 0. The summed E-state index contributed by atoms with van der Waals surface area (Å²) in [6.07, 6.45) is -7.42. The van der Waals surface area contributed by atoms with Crippen LogP contribution >= 0.6 is 12.4 Å². The van der Waals surface area contributed by atoms with Gasteiger partial charge in [0.05, 0.1) is 11.6 Å². The molecule has 0 saturated carbocycles. The van der Waals surface area contributed by atoms with Gasteiger partial charge in [0, 0.05) is 0 Å². The van der Waals surface area contributed by atoms with Crippen molar-refractivity contribution in [1.82, 2.24) is 0 Å². The Morgan fingerprint density at radius 1 is 1.12 bits per heavy atom. The molecule has 1 unspecified atom stereocenters. The fourth-order valence-electron chi connectivity index (χ4n) is 1.07. The molecule has 16 heavy (non-hydrogen) atoms. The van der Waals surface area contributed by atoms with E-state index in [1.807, 2.05) is 0 Å². The molecule has 0 spiro atoms. The minimum atomic E-state index is -4.54. The summed E-state index contributed by atoms with van der Waals surface area (Å²) >= 11 is 0. The molecule has 0 bridgehead atoms. The van der Waals surface area contributed by atoms with Crippen LogP contribution in [0, 0.1) is 0 Å². The average molecular weight is 262 g/mol. The van der Waals surface area contributed by atoms with Crippen LogP contribution < -0.4 is 5.73 Å². The second-order valence-electron chi connectivity index (χ2n) is 2.98. The third-order valence-corrected chi connectivity index (χ3v) is 1.87. The zero-order chi connectivity index (χ0) is 11.6. The highest BCUT2D eigenvalue weighted by Gasteiger charge is 2.31. The van der Waals surface area contributed by atoms with Gasteiger partial charge in [-0.25, -0.2) is 8.78 Å². The van der Waals surface area contributed by atoms with E-state index in [0.29, 0.717) is 6.07 Å². The lowest BCUT2D eigenvalue weighted by Crippen LogP contribution is -2.19. The molecule has 0 saturated heterocycles. The molecule has 7 heteroatoms. The minimum absolute atomic E-state index is 0. The Morgan fingerprint density at radius 3 is 2.12 bits per heavy atom. The number of hydrogen-bond donors (Lipinski definition) is 1. The molecule has 0 aromatic heterocycles. The topological polar surface area (TPSA) is 26.0 Å². The van der Waals surface area contributed by atoms with Gasteiger partial charge in [0.2, 0.25) is 0 Å². The molecule has 0 aliphatic heterocycles. The molecule has 0 fully saturated rings. The molecule has 1 aromatic carbocycles. The van der Waals surface area contributed by atoms with Crippen molar-refractivity contribution in [2.24, 2.45) is 5.73 Å². The summed E-state index contributed by atoms with van der Waals surface area (Å²) in [6, 6.07) is 1.96. The van der Waals surface area contributed by atoms with Crippen LogP contribution in [0.4, 0.5) is 22.0 Å². The van der Waals surface area contributed by atoms with Gasteiger partial charge in [-0.05, 0) is 17.7 Å². The molecule has 0 heterocycles. The molecule has 0 aliphatic rings. The van der Waals surface area contributed by atoms with Crippen LogP contribution in [-0.2, 0) is 6.18 Å². The van der Waals surface area contributed by atoms with E-state index in [1.54, 1.807) is 0 Å². The first-order valence-electron chi connectivity index (χ1n) is 4.03. The second kappa shape index (κ2) is 5.45. The molecular weight excluding hydrogens is 253 g/mol. The zero-order valence-electron chi connectivity index (χ0n) is 7.84. The zero-order valence-corrected chi connectivity index (χ0v) is 8.66. The molecule has 1 atom stereocenters. The monoisotopic (exact) mass is 261 g/mol. The summed E-state index contributed by atoms with van der Waals surface area (Å²) < 4.78 is 60.9. The molecular formula is C9H9ClF5N. The minimum Gasteiger partial charge on any atom is -0.319 e. The fourth-order valence-corrected chi connectivity index (χ4v) is 1.07. The highest BCUT2D eigenvalue weighted by atomic mass is 35.5. The van der Waals surface area contributed by atoms with Gasteiger partial charge < -0.3 is 5.73 Å². The molecule has 0 amide bonds. The van der Waals surface area contributed by atoms with Crippen molar-refractivity contribution in [2.45, 2.75) is 18.6 Å². The Bertz CT molecular complexity index is 339. The molecule has 0 aliphatic carbocycles. The smallest absolute Gasteiger partial charge is 0.319 e. The standard InChI is InChI=1S/C9H8F5N.ClH/c10-8(11)7(15)5-2-1-3-6(4-5)9(12,13)14;/h1-4,7-8H,15H2;1H. The van der Waals surface area contributed by atoms with Gasteiger partial charge in [0.25, 0.3) is 6.43 Å². The van der Waals surface area contributed by atoms with E-state index >= 15 is 0 Å². The van der Waals surface area contributed by atoms with E-state index in [9.17, 15) is 22.0 Å². The predicted molar refractivity (Wildman–Crippen MR) is 51.6 cm³/mol. The molecule has 0 radical (unpaired) electrons. The molecule has 2 N–H and O–H groups in total. The predicted octanol–water partition coefficient (Wildman–Crippen LogP) is 3.39. The Balaban J connectivity index is 0.00000225. The van der Waals surface area contributed by atoms with E-state index in [4.69, 9.17) is 5.73 Å². The number of alkyl halides is 5. The number of nitrogens with two attached hydrogens (primary N) is 1. The summed E-state index contributed by atoms with van der Waals surface area (Å²) in [5.41, 5.74) is 3.83. The lowest BCUT2D eigenvalue weighted by Gasteiger charge is -2.13. The van der Waals surface area contributed by atoms with Crippen LogP contribution in [0.1, 0.15) is 17.2 Å². The van der Waals surface area contributed by atoms with E-state index in [2.05, 4.69) is 0 Å². The SMILES string of the molecule is Cl.NC(c1cccc(C(F)(F)F)c1)C(F)F. The van der Waals surface area contributed by atoms with Gasteiger partial charge in [-0.15, -0.1) is 12.4 Å². The maximum atomic E-state index is 12.2. The van der Waals surface area contributed by atoms with Gasteiger partial charge >= 0.3 is 6.18 Å². The van der Waals surface area contributed by atoms with E-state index < -0.39 is 24.2 Å². The Morgan fingerprint density at radius 2 is 1.69 bits per heavy atom. The Labute approximate surface area is 94.8 Å². The van der Waals surface area contributed by atoms with Crippen molar-refractivity contribution >= 4 is 12.4 Å². The quantitative estimate of drug-likeness (QED) is 0.812. The third kappa shape index (κ3) is 3.61. The highest BCUT2D eigenvalue weighted by Crippen LogP contribution is 2.31. The van der Waals surface area contributed by atoms with Crippen molar-refractivity contribution in [3.8, 4) is 0 Å². The first kappa shape index (κ1) is 15.1. The van der Waals surface area contributed by atoms with Crippen molar-refractivity contribution in [1.29, 1.82) is 0 Å². The number of benzene rings is 1. The van der Waals surface area contributed by atoms with E-state index in [-0.39, 0.29) is 18.0 Å². The van der Waals surface area contributed by atoms with Gasteiger partial charge in [-0.3, -0.25) is 0 Å². The summed E-state index contributed by atoms with van der Waals surface area (Å²) in [5.74, 6) is 0. The summed E-state index contributed by atoms with van der Waals surface area (Å²) in [6.45, 7) is 0. The van der Waals surface area contributed by atoms with Crippen LogP contribution in [0.5, 0.6) is 0 Å². The normalized spacial score (nSPS) is 13.4. The molecule has 1 aromatic rings. The van der Waals surface area contributed by atoms with Gasteiger partial charge in [0.15, 0.2) is 0 Å². The third-order valence-electron chi connectivity index (χ3n) is 1.87. The maximum absolute atomic E-state index is 12.2. The first-order chi connectivity index (χ1) is 6.82. The first-order valence-corrected chi connectivity index (χ1v) is 4.03. The van der Waals surface area contributed by atoms with Crippen LogP contribution in [-0.4, -0.2) is 6.43 Å². The highest BCUT2D eigenvalue weighted by molar-refractivity contribution is 5.85. The van der Waals surface area contributed by atoms with Gasteiger partial charge in [-0.2, -0.15) is 13.2 Å². The number of hydrogen-bond acceptors (Lipinski definition) is 1. The summed E-state index contributed by atoms with van der Waals surface area (Å²) in [4.78, 5) is 0. The molecule has 92 valence electrons. The van der Waals surface area contributed by atoms with E-state index in [0.717, 1.165) is 18.2 Å². The van der Waals surface area contributed by atoms with Crippen LogP contribution in [0.2, 0.25) is 0 Å². The second-order valence-corrected chi connectivity index (χ2v) is 2.98. The average Bonchev–Trinajstić information content (AvgIpc) is 2.15. The number of halogens is 6. The van der Waals surface area contributed by atoms with E-state index in [1.165, 1.54) is 0 Å². The van der Waals surface area contributed by atoms with Crippen molar-refractivity contribution in [2.75, 3.05) is 0 Å².